The van der Waals surface area contributed by atoms with E-state index in [1.807, 2.05) is 0 Å². The van der Waals surface area contributed by atoms with Crippen molar-refractivity contribution in [2.24, 2.45) is 13.0 Å². The summed E-state index contributed by atoms with van der Waals surface area (Å²) in [6.07, 6.45) is 7.10. The zero-order valence-electron chi connectivity index (χ0n) is 14.5. The number of carbonyl (C=O) groups is 1. The second-order valence-electron chi connectivity index (χ2n) is 7.07. The molecule has 0 spiro atoms. The van der Waals surface area contributed by atoms with Crippen molar-refractivity contribution >= 4 is 5.91 Å². The number of H-pyrrole nitrogens is 1. The molecule has 0 fully saturated rings. The zero-order chi connectivity index (χ0) is 17.4. The van der Waals surface area contributed by atoms with Crippen LogP contribution in [0.2, 0.25) is 0 Å². The lowest BCUT2D eigenvalue weighted by molar-refractivity contribution is -0.126. The Kier molecular flexibility index (Phi) is 4.19. The molecule has 1 amide bonds. The fraction of sp³-hybridized carbons (Fsp3) is 0.647. The molecule has 0 aromatic carbocycles. The van der Waals surface area contributed by atoms with Crippen molar-refractivity contribution in [3.8, 4) is 0 Å². The maximum Gasteiger partial charge on any atom is 0.345 e. The van der Waals surface area contributed by atoms with Gasteiger partial charge in [-0.1, -0.05) is 6.42 Å². The number of nitrogens with zero attached hydrogens (tertiary/aromatic N) is 4. The summed E-state index contributed by atoms with van der Waals surface area (Å²) >= 11 is 0. The number of aryl methyl sites for hydroxylation is 3. The largest absolute Gasteiger partial charge is 0.350 e. The lowest BCUT2D eigenvalue weighted by atomic mass is 9.98. The molecular formula is C17H24N6O2. The van der Waals surface area contributed by atoms with E-state index < -0.39 is 0 Å². The van der Waals surface area contributed by atoms with Gasteiger partial charge >= 0.3 is 5.69 Å². The van der Waals surface area contributed by atoms with Crippen LogP contribution in [0.4, 0.5) is 0 Å². The van der Waals surface area contributed by atoms with Crippen molar-refractivity contribution in [2.45, 2.75) is 58.0 Å². The molecule has 8 nitrogen and oxygen atoms in total. The number of rotatable bonds is 3. The predicted molar refractivity (Wildman–Crippen MR) is 91.0 cm³/mol. The first-order chi connectivity index (χ1) is 12.1. The number of hydrogen-bond acceptors (Lipinski definition) is 4. The van der Waals surface area contributed by atoms with E-state index in [1.54, 1.807) is 11.6 Å². The van der Waals surface area contributed by atoms with Crippen molar-refractivity contribution in [1.82, 2.24) is 29.9 Å². The minimum absolute atomic E-state index is 0.00762. The monoisotopic (exact) mass is 344 g/mol. The average molecular weight is 344 g/mol. The third-order valence-electron chi connectivity index (χ3n) is 5.40. The van der Waals surface area contributed by atoms with Gasteiger partial charge in [-0.15, -0.1) is 0 Å². The van der Waals surface area contributed by atoms with Crippen molar-refractivity contribution in [2.75, 3.05) is 0 Å². The van der Waals surface area contributed by atoms with E-state index in [1.165, 1.54) is 35.2 Å². The van der Waals surface area contributed by atoms with Crippen molar-refractivity contribution in [1.29, 1.82) is 0 Å². The van der Waals surface area contributed by atoms with Gasteiger partial charge < -0.3 is 5.32 Å². The molecule has 0 bridgehead atoms. The van der Waals surface area contributed by atoms with Crippen LogP contribution in [-0.4, -0.2) is 30.5 Å². The molecule has 2 N–H and O–H groups in total. The molecule has 134 valence electrons. The van der Waals surface area contributed by atoms with Gasteiger partial charge in [-0.25, -0.2) is 9.48 Å². The van der Waals surface area contributed by atoms with Crippen molar-refractivity contribution < 1.29 is 4.79 Å². The van der Waals surface area contributed by atoms with Gasteiger partial charge in [0.1, 0.15) is 5.82 Å². The quantitative estimate of drug-likeness (QED) is 0.790. The summed E-state index contributed by atoms with van der Waals surface area (Å²) in [5, 5.41) is 14.8. The molecule has 0 radical (unpaired) electrons. The summed E-state index contributed by atoms with van der Waals surface area (Å²) in [5.74, 6) is 0.577. The number of fused-ring (bicyclic) bond motifs is 2. The van der Waals surface area contributed by atoms with Crippen molar-refractivity contribution in [3.63, 3.8) is 0 Å². The van der Waals surface area contributed by atoms with E-state index in [9.17, 15) is 9.59 Å². The van der Waals surface area contributed by atoms with E-state index in [-0.39, 0.29) is 17.5 Å². The Bertz CT molecular complexity index is 846. The van der Waals surface area contributed by atoms with Gasteiger partial charge in [-0.3, -0.25) is 14.5 Å². The molecule has 2 aromatic rings. The molecule has 1 aliphatic heterocycles. The van der Waals surface area contributed by atoms with Crippen LogP contribution in [0.5, 0.6) is 0 Å². The van der Waals surface area contributed by atoms with E-state index in [0.29, 0.717) is 19.5 Å². The van der Waals surface area contributed by atoms with Crippen LogP contribution in [0.3, 0.4) is 0 Å². The number of amides is 1. The molecule has 0 saturated carbocycles. The second kappa shape index (κ2) is 6.50. The highest BCUT2D eigenvalue weighted by molar-refractivity contribution is 5.78. The number of carbonyl (C=O) groups excluding carboxylic acids is 1. The number of nitrogens with one attached hydrogen (secondary N) is 2. The molecule has 2 aliphatic rings. The summed E-state index contributed by atoms with van der Waals surface area (Å²) in [6, 6.07) is 0. The molecule has 2 aromatic heterocycles. The average Bonchev–Trinajstić information content (AvgIpc) is 3.02. The molecule has 1 aliphatic carbocycles. The Balaban J connectivity index is 1.41. The fourth-order valence-electron chi connectivity index (χ4n) is 3.94. The second-order valence-corrected chi connectivity index (χ2v) is 7.07. The minimum atomic E-state index is -0.188. The smallest absolute Gasteiger partial charge is 0.345 e. The fourth-order valence-corrected chi connectivity index (χ4v) is 3.94. The summed E-state index contributed by atoms with van der Waals surface area (Å²) in [5.41, 5.74) is 3.32. The molecule has 4 rings (SSSR count). The number of aromatic amines is 1. The third-order valence-corrected chi connectivity index (χ3v) is 5.40. The van der Waals surface area contributed by atoms with Gasteiger partial charge in [0.2, 0.25) is 5.91 Å². The Morgan fingerprint density at radius 2 is 2.12 bits per heavy atom. The van der Waals surface area contributed by atoms with Crippen LogP contribution < -0.4 is 11.0 Å². The highest BCUT2D eigenvalue weighted by atomic mass is 16.2. The molecule has 25 heavy (non-hydrogen) atoms. The Labute approximate surface area is 145 Å². The Morgan fingerprint density at radius 3 is 3.00 bits per heavy atom. The van der Waals surface area contributed by atoms with Crippen LogP contribution in [0.1, 0.15) is 48.5 Å². The highest BCUT2D eigenvalue weighted by Gasteiger charge is 2.28. The van der Waals surface area contributed by atoms with Gasteiger partial charge in [-0.05, 0) is 37.7 Å². The highest BCUT2D eigenvalue weighted by Crippen LogP contribution is 2.22. The standard InChI is InChI=1S/C17H24N6O2/c1-22-17(25)23-10-11(7-8-15(23)21-22)16(24)18-9-14-12-5-3-2-4-6-13(12)19-20-14/h11H,2-10H2,1H3,(H,18,24)(H,19,20)/t11-/m1/s1. The third kappa shape index (κ3) is 3.01. The van der Waals surface area contributed by atoms with Gasteiger partial charge in [0.25, 0.3) is 0 Å². The maximum absolute atomic E-state index is 12.6. The van der Waals surface area contributed by atoms with E-state index >= 15 is 0 Å². The molecule has 3 heterocycles. The molecule has 1 atom stereocenters. The van der Waals surface area contributed by atoms with Crippen LogP contribution >= 0.6 is 0 Å². The first-order valence-corrected chi connectivity index (χ1v) is 9.09. The van der Waals surface area contributed by atoms with Crippen LogP contribution in [0, 0.1) is 5.92 Å². The zero-order valence-corrected chi connectivity index (χ0v) is 14.5. The summed E-state index contributed by atoms with van der Waals surface area (Å²) in [4.78, 5) is 24.6. The number of hydrogen-bond donors (Lipinski definition) is 2. The van der Waals surface area contributed by atoms with Crippen LogP contribution in [-0.2, 0) is 44.2 Å². The van der Waals surface area contributed by atoms with E-state index in [2.05, 4.69) is 20.6 Å². The molecule has 0 saturated heterocycles. The first-order valence-electron chi connectivity index (χ1n) is 9.09. The first kappa shape index (κ1) is 16.1. The lowest BCUT2D eigenvalue weighted by Gasteiger charge is -2.21. The lowest BCUT2D eigenvalue weighted by Crippen LogP contribution is -2.38. The van der Waals surface area contributed by atoms with Gasteiger partial charge in [0, 0.05) is 25.7 Å². The van der Waals surface area contributed by atoms with E-state index in [4.69, 9.17) is 0 Å². The van der Waals surface area contributed by atoms with Crippen LogP contribution in [0.15, 0.2) is 4.79 Å². The summed E-state index contributed by atoms with van der Waals surface area (Å²) < 4.78 is 2.96. The maximum atomic E-state index is 12.6. The molecular weight excluding hydrogens is 320 g/mol. The SMILES string of the molecule is Cn1nc2n(c1=O)C[C@H](C(=O)NCc1n[nH]c3c1CCCCC3)CC2. The van der Waals surface area contributed by atoms with Gasteiger partial charge in [0.05, 0.1) is 18.2 Å². The summed E-state index contributed by atoms with van der Waals surface area (Å²) in [7, 11) is 1.64. The Hall–Kier alpha value is -2.38. The van der Waals surface area contributed by atoms with Gasteiger partial charge in [-0.2, -0.15) is 10.2 Å². The minimum Gasteiger partial charge on any atom is -0.350 e. The molecule has 0 unspecified atom stereocenters. The normalized spacial score (nSPS) is 19.8. The predicted octanol–water partition coefficient (Wildman–Crippen LogP) is 0.453. The molecule has 8 heteroatoms. The topological polar surface area (TPSA) is 97.6 Å². The van der Waals surface area contributed by atoms with Gasteiger partial charge in [0.15, 0.2) is 0 Å². The Morgan fingerprint density at radius 1 is 1.28 bits per heavy atom. The number of aromatic nitrogens is 5. The van der Waals surface area contributed by atoms with Crippen LogP contribution in [0.25, 0.3) is 0 Å². The van der Waals surface area contributed by atoms with E-state index in [0.717, 1.165) is 30.8 Å². The van der Waals surface area contributed by atoms with Crippen molar-refractivity contribution in [3.05, 3.63) is 33.3 Å². The summed E-state index contributed by atoms with van der Waals surface area (Å²) in [6.45, 7) is 0.864.